The summed E-state index contributed by atoms with van der Waals surface area (Å²) in [6.45, 7) is 2.45. The zero-order chi connectivity index (χ0) is 20.5. The summed E-state index contributed by atoms with van der Waals surface area (Å²) in [5.74, 6) is -1.28. The Hall–Kier alpha value is -2.90. The number of hydrogen-bond acceptors (Lipinski definition) is 6. The van der Waals surface area contributed by atoms with Gasteiger partial charge in [-0.2, -0.15) is 0 Å². The van der Waals surface area contributed by atoms with E-state index in [9.17, 15) is 24.8 Å². The number of piperidine rings is 1. The molecule has 150 valence electrons. The van der Waals surface area contributed by atoms with E-state index in [0.717, 1.165) is 12.8 Å². The lowest BCUT2D eigenvalue weighted by Crippen LogP contribution is -2.51. The zero-order valence-corrected chi connectivity index (χ0v) is 16.0. The lowest BCUT2D eigenvalue weighted by atomic mass is 9.66. The van der Waals surface area contributed by atoms with Crippen LogP contribution in [0.3, 0.4) is 0 Å². The van der Waals surface area contributed by atoms with Gasteiger partial charge >= 0.3 is 5.97 Å². The summed E-state index contributed by atoms with van der Waals surface area (Å²) in [6.07, 6.45) is 2.83. The fraction of sp³-hybridized carbons (Fsp3) is 0.500. The van der Waals surface area contributed by atoms with Crippen molar-refractivity contribution < 1.29 is 24.4 Å². The van der Waals surface area contributed by atoms with E-state index in [2.05, 4.69) is 0 Å². The minimum atomic E-state index is -0.510. The number of para-hydroxylation sites is 1. The molecule has 1 saturated heterocycles. The molecule has 1 aromatic rings. The molecule has 1 N–H and O–H groups in total. The van der Waals surface area contributed by atoms with Crippen molar-refractivity contribution in [1.82, 2.24) is 4.90 Å². The van der Waals surface area contributed by atoms with Gasteiger partial charge in [-0.3, -0.25) is 19.7 Å². The number of nitro groups is 1. The maximum atomic E-state index is 12.8. The fourth-order valence-corrected chi connectivity index (χ4v) is 4.66. The maximum absolute atomic E-state index is 12.8. The van der Waals surface area contributed by atoms with Crippen LogP contribution in [0.5, 0.6) is 0 Å². The van der Waals surface area contributed by atoms with Crippen LogP contribution in [0.25, 0.3) is 5.57 Å². The molecular formula is C20H24N2O6. The predicted molar refractivity (Wildman–Crippen MR) is 101 cm³/mol. The van der Waals surface area contributed by atoms with Crippen molar-refractivity contribution in [3.05, 3.63) is 45.7 Å². The normalized spacial score (nSPS) is 24.3. The standard InChI is InChI=1S/C20H24N2O6/c1-3-20(11-9-15(23)28-2)10-6-12-21-18(20)16(17(24)19(21)25)13-7-4-5-8-14(13)22(26)27/h4-5,7-8,18,24H,3,6,9-12H2,1-2H3/t18?,20-/m1/s1. The van der Waals surface area contributed by atoms with Crippen molar-refractivity contribution in [2.24, 2.45) is 5.41 Å². The molecule has 2 aliphatic rings. The number of ether oxygens (including phenoxy) is 1. The Labute approximate surface area is 162 Å². The van der Waals surface area contributed by atoms with Gasteiger partial charge in [0.25, 0.3) is 11.6 Å². The van der Waals surface area contributed by atoms with Gasteiger partial charge in [0.2, 0.25) is 0 Å². The molecule has 2 aliphatic heterocycles. The molecule has 1 unspecified atom stereocenters. The maximum Gasteiger partial charge on any atom is 0.305 e. The highest BCUT2D eigenvalue weighted by molar-refractivity contribution is 6.06. The number of methoxy groups -OCH3 is 1. The molecule has 2 atom stereocenters. The second-order valence-corrected chi connectivity index (χ2v) is 7.33. The Kier molecular flexibility index (Phi) is 5.40. The second-order valence-electron chi connectivity index (χ2n) is 7.33. The largest absolute Gasteiger partial charge is 0.503 e. The molecule has 1 fully saturated rings. The molecule has 1 aromatic carbocycles. The van der Waals surface area contributed by atoms with Gasteiger partial charge in [0.05, 0.1) is 23.6 Å². The van der Waals surface area contributed by atoms with Crippen LogP contribution in [0.2, 0.25) is 0 Å². The first-order valence-electron chi connectivity index (χ1n) is 9.41. The smallest absolute Gasteiger partial charge is 0.305 e. The first-order chi connectivity index (χ1) is 13.4. The molecule has 2 heterocycles. The number of carbonyl (C=O) groups excluding carboxylic acids is 2. The van der Waals surface area contributed by atoms with Crippen LogP contribution in [0.4, 0.5) is 5.69 Å². The second kappa shape index (κ2) is 7.61. The van der Waals surface area contributed by atoms with E-state index >= 15 is 0 Å². The third kappa shape index (κ3) is 3.12. The predicted octanol–water partition coefficient (Wildman–Crippen LogP) is 3.22. The topological polar surface area (TPSA) is 110 Å². The lowest BCUT2D eigenvalue weighted by molar-refractivity contribution is -0.385. The van der Waals surface area contributed by atoms with E-state index < -0.39 is 28.0 Å². The van der Waals surface area contributed by atoms with Gasteiger partial charge in [-0.05, 0) is 37.2 Å². The number of aliphatic hydroxyl groups is 1. The lowest BCUT2D eigenvalue weighted by Gasteiger charge is -2.48. The van der Waals surface area contributed by atoms with Gasteiger partial charge in [-0.1, -0.05) is 19.1 Å². The van der Waals surface area contributed by atoms with Crippen LogP contribution in [0.15, 0.2) is 30.0 Å². The van der Waals surface area contributed by atoms with Crippen LogP contribution in [0, 0.1) is 15.5 Å². The van der Waals surface area contributed by atoms with Crippen molar-refractivity contribution in [2.45, 2.75) is 45.1 Å². The zero-order valence-electron chi connectivity index (χ0n) is 16.0. The molecule has 0 aliphatic carbocycles. The Bertz CT molecular complexity index is 849. The van der Waals surface area contributed by atoms with Gasteiger partial charge in [0.1, 0.15) is 0 Å². The summed E-state index contributed by atoms with van der Waals surface area (Å²) < 4.78 is 4.78. The summed E-state index contributed by atoms with van der Waals surface area (Å²) in [5.41, 5.74) is -0.0689. The quantitative estimate of drug-likeness (QED) is 0.455. The number of esters is 1. The number of nitro benzene ring substituents is 1. The summed E-state index contributed by atoms with van der Waals surface area (Å²) in [7, 11) is 1.33. The van der Waals surface area contributed by atoms with Crippen LogP contribution in [0.1, 0.15) is 44.6 Å². The number of carbonyl (C=O) groups is 2. The molecular weight excluding hydrogens is 364 g/mol. The molecule has 0 aromatic heterocycles. The molecule has 0 spiro atoms. The van der Waals surface area contributed by atoms with E-state index in [1.807, 2.05) is 6.92 Å². The van der Waals surface area contributed by atoms with Gasteiger partial charge < -0.3 is 14.7 Å². The molecule has 8 nitrogen and oxygen atoms in total. The molecule has 3 rings (SSSR count). The van der Waals surface area contributed by atoms with Crippen LogP contribution in [-0.2, 0) is 14.3 Å². The van der Waals surface area contributed by atoms with Gasteiger partial charge in [-0.25, -0.2) is 0 Å². The molecule has 0 radical (unpaired) electrons. The first-order valence-corrected chi connectivity index (χ1v) is 9.41. The Morgan fingerprint density at radius 2 is 2.14 bits per heavy atom. The summed E-state index contributed by atoms with van der Waals surface area (Å²) >= 11 is 0. The highest BCUT2D eigenvalue weighted by Gasteiger charge is 2.53. The van der Waals surface area contributed by atoms with Crippen molar-refractivity contribution in [1.29, 1.82) is 0 Å². The number of amides is 1. The van der Waals surface area contributed by atoms with E-state index in [0.29, 0.717) is 25.0 Å². The van der Waals surface area contributed by atoms with Crippen molar-refractivity contribution in [3.63, 3.8) is 0 Å². The van der Waals surface area contributed by atoms with Crippen molar-refractivity contribution in [3.8, 4) is 0 Å². The minimum absolute atomic E-state index is 0.151. The number of fused-ring (bicyclic) bond motifs is 1. The van der Waals surface area contributed by atoms with Crippen molar-refractivity contribution >= 4 is 23.1 Å². The van der Waals surface area contributed by atoms with E-state index in [-0.39, 0.29) is 23.6 Å². The highest BCUT2D eigenvalue weighted by atomic mass is 16.6. The van der Waals surface area contributed by atoms with Gasteiger partial charge in [-0.15, -0.1) is 0 Å². The first kappa shape index (κ1) is 19.9. The molecule has 28 heavy (non-hydrogen) atoms. The van der Waals surface area contributed by atoms with Crippen LogP contribution < -0.4 is 0 Å². The molecule has 1 amide bonds. The number of hydrogen-bond donors (Lipinski definition) is 1. The Morgan fingerprint density at radius 3 is 2.79 bits per heavy atom. The number of nitrogens with zero attached hydrogens (tertiary/aromatic N) is 2. The number of rotatable bonds is 6. The summed E-state index contributed by atoms with van der Waals surface area (Å²) in [6, 6.07) is 5.63. The monoisotopic (exact) mass is 388 g/mol. The Morgan fingerprint density at radius 1 is 1.43 bits per heavy atom. The third-order valence-corrected chi connectivity index (χ3v) is 6.11. The molecule has 0 saturated carbocycles. The average molecular weight is 388 g/mol. The highest BCUT2D eigenvalue weighted by Crippen LogP contribution is 2.52. The van der Waals surface area contributed by atoms with E-state index in [1.165, 1.54) is 13.2 Å². The molecule has 8 heteroatoms. The summed E-state index contributed by atoms with van der Waals surface area (Å²) in [5, 5.41) is 22.2. The number of benzene rings is 1. The molecule has 0 bridgehead atoms. The Balaban J connectivity index is 2.12. The van der Waals surface area contributed by atoms with E-state index in [4.69, 9.17) is 4.74 Å². The van der Waals surface area contributed by atoms with E-state index in [1.54, 1.807) is 23.1 Å². The SMILES string of the molecule is CC[C@]1(CCC(=O)OC)CCCN2C(=O)C(O)=C(c3ccccc3[N+](=O)[O-])C21. The average Bonchev–Trinajstić information content (AvgIpc) is 2.97. The van der Waals surface area contributed by atoms with Gasteiger partial charge in [0.15, 0.2) is 5.76 Å². The fourth-order valence-electron chi connectivity index (χ4n) is 4.66. The van der Waals surface area contributed by atoms with Crippen LogP contribution >= 0.6 is 0 Å². The number of aliphatic hydroxyl groups excluding tert-OH is 1. The minimum Gasteiger partial charge on any atom is -0.503 e. The van der Waals surface area contributed by atoms with Crippen molar-refractivity contribution in [2.75, 3.05) is 13.7 Å². The third-order valence-electron chi connectivity index (χ3n) is 6.11. The van der Waals surface area contributed by atoms with Crippen LogP contribution in [-0.4, -0.2) is 46.5 Å². The summed E-state index contributed by atoms with van der Waals surface area (Å²) in [4.78, 5) is 37.2. The van der Waals surface area contributed by atoms with Gasteiger partial charge in [0, 0.05) is 24.6 Å².